The van der Waals surface area contributed by atoms with E-state index in [4.69, 9.17) is 4.74 Å². The minimum absolute atomic E-state index is 0.0000561. The highest BCUT2D eigenvalue weighted by atomic mass is 16.5. The fraction of sp³-hybridized carbons (Fsp3) is 0.280. The Kier molecular flexibility index (Phi) is 8.35. The molecule has 1 heterocycles. The van der Waals surface area contributed by atoms with Gasteiger partial charge in [0, 0.05) is 24.6 Å². The first-order valence-electron chi connectivity index (χ1n) is 11.0. The van der Waals surface area contributed by atoms with Gasteiger partial charge >= 0.3 is 5.97 Å². The van der Waals surface area contributed by atoms with E-state index < -0.39 is 5.97 Å². The van der Waals surface area contributed by atoms with E-state index in [2.05, 4.69) is 10.4 Å². The second kappa shape index (κ2) is 11.6. The van der Waals surface area contributed by atoms with Gasteiger partial charge in [-0.25, -0.2) is 4.68 Å². The Morgan fingerprint density at radius 3 is 2.27 bits per heavy atom. The molecule has 0 aliphatic rings. The lowest BCUT2D eigenvalue weighted by Gasteiger charge is -2.20. The molecule has 1 N–H and O–H groups in total. The number of aromatic nitrogens is 2. The van der Waals surface area contributed by atoms with E-state index in [0.29, 0.717) is 18.1 Å². The maximum absolute atomic E-state index is 12.8. The van der Waals surface area contributed by atoms with E-state index >= 15 is 0 Å². The van der Waals surface area contributed by atoms with E-state index in [1.165, 1.54) is 4.90 Å². The fourth-order valence-electron chi connectivity index (χ4n) is 3.32. The molecule has 8 nitrogen and oxygen atoms in total. The number of hydrogen-bond acceptors (Lipinski definition) is 5. The molecule has 8 heteroatoms. The van der Waals surface area contributed by atoms with Crippen molar-refractivity contribution in [3.63, 3.8) is 0 Å². The Labute approximate surface area is 193 Å². The van der Waals surface area contributed by atoms with Crippen molar-refractivity contribution in [1.29, 1.82) is 0 Å². The SMILES string of the molecule is CCOC(=O)CCC(=O)N(CC)CC(=O)Nc1cc(-c2ccccc2)nn1-c1ccccc1. The van der Waals surface area contributed by atoms with E-state index in [0.717, 1.165) is 11.3 Å². The number of likely N-dealkylation sites (N-methyl/N-ethyl adjacent to an activating group) is 1. The van der Waals surface area contributed by atoms with Crippen molar-refractivity contribution in [3.05, 3.63) is 66.7 Å². The number of benzene rings is 2. The number of hydrogen-bond donors (Lipinski definition) is 1. The highest BCUT2D eigenvalue weighted by Gasteiger charge is 2.19. The van der Waals surface area contributed by atoms with Crippen LogP contribution in [0.1, 0.15) is 26.7 Å². The second-order valence-electron chi connectivity index (χ2n) is 7.29. The van der Waals surface area contributed by atoms with Crippen LogP contribution < -0.4 is 5.32 Å². The molecule has 0 aliphatic heterocycles. The molecule has 3 rings (SSSR count). The van der Waals surface area contributed by atoms with Crippen molar-refractivity contribution < 1.29 is 19.1 Å². The zero-order valence-electron chi connectivity index (χ0n) is 18.9. The first kappa shape index (κ1) is 23.7. The highest BCUT2D eigenvalue weighted by molar-refractivity contribution is 5.95. The minimum atomic E-state index is -0.424. The number of anilines is 1. The van der Waals surface area contributed by atoms with Gasteiger partial charge in [-0.3, -0.25) is 14.4 Å². The van der Waals surface area contributed by atoms with Gasteiger partial charge in [0.1, 0.15) is 5.82 Å². The first-order chi connectivity index (χ1) is 16.0. The summed E-state index contributed by atoms with van der Waals surface area (Å²) < 4.78 is 6.53. The molecule has 1 aromatic heterocycles. The van der Waals surface area contributed by atoms with Crippen LogP contribution in [-0.4, -0.2) is 52.2 Å². The van der Waals surface area contributed by atoms with Crippen LogP contribution in [0.3, 0.4) is 0 Å². The van der Waals surface area contributed by atoms with Gasteiger partial charge in [-0.05, 0) is 26.0 Å². The van der Waals surface area contributed by atoms with Crippen LogP contribution in [0.25, 0.3) is 16.9 Å². The lowest BCUT2D eigenvalue weighted by molar-refractivity contribution is -0.145. The summed E-state index contributed by atoms with van der Waals surface area (Å²) in [5.74, 6) is -0.549. The fourth-order valence-corrected chi connectivity index (χ4v) is 3.32. The summed E-state index contributed by atoms with van der Waals surface area (Å²) in [6.45, 7) is 4.00. The lowest BCUT2D eigenvalue weighted by atomic mass is 10.1. The van der Waals surface area contributed by atoms with E-state index in [1.807, 2.05) is 60.7 Å². The van der Waals surface area contributed by atoms with Gasteiger partial charge in [-0.15, -0.1) is 0 Å². The van der Waals surface area contributed by atoms with Crippen LogP contribution in [0.5, 0.6) is 0 Å². The van der Waals surface area contributed by atoms with Crippen molar-refractivity contribution in [1.82, 2.24) is 14.7 Å². The van der Waals surface area contributed by atoms with Crippen molar-refractivity contribution >= 4 is 23.6 Å². The Morgan fingerprint density at radius 2 is 1.64 bits per heavy atom. The predicted octanol–water partition coefficient (Wildman–Crippen LogP) is 3.67. The third-order valence-electron chi connectivity index (χ3n) is 4.96. The molecule has 2 amide bonds. The molecule has 3 aromatic rings. The number of para-hydroxylation sites is 1. The van der Waals surface area contributed by atoms with Gasteiger partial charge in [0.2, 0.25) is 11.8 Å². The Bertz CT molecular complexity index is 1080. The van der Waals surface area contributed by atoms with E-state index in [-0.39, 0.29) is 37.8 Å². The van der Waals surface area contributed by atoms with Crippen molar-refractivity contribution in [2.45, 2.75) is 26.7 Å². The highest BCUT2D eigenvalue weighted by Crippen LogP contribution is 2.24. The molecule has 0 saturated heterocycles. The van der Waals surface area contributed by atoms with E-state index in [9.17, 15) is 14.4 Å². The lowest BCUT2D eigenvalue weighted by Crippen LogP contribution is -2.38. The monoisotopic (exact) mass is 448 g/mol. The van der Waals surface area contributed by atoms with Gasteiger partial charge in [-0.1, -0.05) is 48.5 Å². The molecule has 2 aromatic carbocycles. The second-order valence-corrected chi connectivity index (χ2v) is 7.29. The van der Waals surface area contributed by atoms with Gasteiger partial charge in [0.05, 0.1) is 31.0 Å². The number of carbonyl (C=O) groups excluding carboxylic acids is 3. The minimum Gasteiger partial charge on any atom is -0.466 e. The smallest absolute Gasteiger partial charge is 0.306 e. The molecule has 0 spiro atoms. The maximum Gasteiger partial charge on any atom is 0.306 e. The number of amides is 2. The van der Waals surface area contributed by atoms with Crippen LogP contribution >= 0.6 is 0 Å². The summed E-state index contributed by atoms with van der Waals surface area (Å²) in [6, 6.07) is 21.0. The molecule has 0 fully saturated rings. The van der Waals surface area contributed by atoms with Crippen LogP contribution in [-0.2, 0) is 19.1 Å². The van der Waals surface area contributed by atoms with Crippen LogP contribution in [0.2, 0.25) is 0 Å². The molecule has 33 heavy (non-hydrogen) atoms. The van der Waals surface area contributed by atoms with Crippen molar-refractivity contribution in [2.24, 2.45) is 0 Å². The molecule has 0 aliphatic carbocycles. The molecular weight excluding hydrogens is 420 g/mol. The van der Waals surface area contributed by atoms with Crippen LogP contribution in [0.15, 0.2) is 66.7 Å². The molecule has 0 bridgehead atoms. The zero-order chi connectivity index (χ0) is 23.6. The summed E-state index contributed by atoms with van der Waals surface area (Å²) in [4.78, 5) is 38.2. The molecule has 0 saturated carbocycles. The number of esters is 1. The summed E-state index contributed by atoms with van der Waals surface area (Å²) >= 11 is 0. The summed E-state index contributed by atoms with van der Waals surface area (Å²) in [6.07, 6.45) is -0.00787. The maximum atomic E-state index is 12.8. The first-order valence-corrected chi connectivity index (χ1v) is 11.0. The molecule has 0 unspecified atom stereocenters. The van der Waals surface area contributed by atoms with Gasteiger partial charge < -0.3 is 15.0 Å². The van der Waals surface area contributed by atoms with E-state index in [1.54, 1.807) is 24.6 Å². The molecule has 0 radical (unpaired) electrons. The predicted molar refractivity (Wildman–Crippen MR) is 126 cm³/mol. The summed E-state index contributed by atoms with van der Waals surface area (Å²) in [5.41, 5.74) is 2.44. The molecular formula is C25H28N4O4. The number of nitrogens with zero attached hydrogens (tertiary/aromatic N) is 3. The Hall–Kier alpha value is -3.94. The number of nitrogens with one attached hydrogen (secondary N) is 1. The normalized spacial score (nSPS) is 10.5. The number of rotatable bonds is 10. The standard InChI is InChI=1S/C25H28N4O4/c1-3-28(24(31)15-16-25(32)33-4-2)18-23(30)26-22-17-21(19-11-7-5-8-12-19)27-29(22)20-13-9-6-10-14-20/h5-14,17H,3-4,15-16,18H2,1-2H3,(H,26,30). The molecule has 172 valence electrons. The molecule has 0 atom stereocenters. The zero-order valence-corrected chi connectivity index (χ0v) is 18.9. The largest absolute Gasteiger partial charge is 0.466 e. The average molecular weight is 449 g/mol. The van der Waals surface area contributed by atoms with Gasteiger partial charge in [0.25, 0.3) is 0 Å². The Balaban J connectivity index is 1.74. The van der Waals surface area contributed by atoms with Crippen molar-refractivity contribution in [2.75, 3.05) is 25.0 Å². The topological polar surface area (TPSA) is 93.5 Å². The number of ether oxygens (including phenoxy) is 1. The van der Waals surface area contributed by atoms with Gasteiger partial charge in [0.15, 0.2) is 0 Å². The summed E-state index contributed by atoms with van der Waals surface area (Å²) in [7, 11) is 0. The van der Waals surface area contributed by atoms with Crippen LogP contribution in [0.4, 0.5) is 5.82 Å². The summed E-state index contributed by atoms with van der Waals surface area (Å²) in [5, 5.41) is 7.55. The Morgan fingerprint density at radius 1 is 0.970 bits per heavy atom. The van der Waals surface area contributed by atoms with Crippen LogP contribution in [0, 0.1) is 0 Å². The average Bonchev–Trinajstić information content (AvgIpc) is 3.26. The quantitative estimate of drug-likeness (QED) is 0.478. The number of carbonyl (C=O) groups is 3. The third kappa shape index (κ3) is 6.52. The third-order valence-corrected chi connectivity index (χ3v) is 4.96. The van der Waals surface area contributed by atoms with Crippen molar-refractivity contribution in [3.8, 4) is 16.9 Å². The van der Waals surface area contributed by atoms with Gasteiger partial charge in [-0.2, -0.15) is 5.10 Å².